The van der Waals surface area contributed by atoms with Crippen molar-refractivity contribution in [3.63, 3.8) is 0 Å². The first-order valence-corrected chi connectivity index (χ1v) is 10.9. The lowest BCUT2D eigenvalue weighted by atomic mass is 10.0. The zero-order chi connectivity index (χ0) is 19.8. The van der Waals surface area contributed by atoms with Gasteiger partial charge in [-0.15, -0.1) is 0 Å². The highest BCUT2D eigenvalue weighted by Crippen LogP contribution is 2.15. The van der Waals surface area contributed by atoms with Gasteiger partial charge in [0.1, 0.15) is 6.04 Å². The second kappa shape index (κ2) is 16.1. The van der Waals surface area contributed by atoms with Crippen LogP contribution >= 0.6 is 0 Å². The maximum Gasteiger partial charge on any atom is 0.326 e. The molecule has 0 aliphatic rings. The molecular formula is C22H43NO3. The number of carbonyl (C=O) groups excluding carboxylic acids is 1. The summed E-state index contributed by atoms with van der Waals surface area (Å²) in [5.41, 5.74) is 0. The van der Waals surface area contributed by atoms with Gasteiger partial charge in [-0.2, -0.15) is 0 Å². The molecular weight excluding hydrogens is 326 g/mol. The number of hydrogen-bond donors (Lipinski definition) is 1. The average molecular weight is 370 g/mol. The normalized spacial score (nSPS) is 12.3. The zero-order valence-corrected chi connectivity index (χ0v) is 17.8. The van der Waals surface area contributed by atoms with Gasteiger partial charge in [0.15, 0.2) is 0 Å². The lowest BCUT2D eigenvalue weighted by Gasteiger charge is -2.27. The van der Waals surface area contributed by atoms with Crippen LogP contribution in [0.4, 0.5) is 0 Å². The minimum atomic E-state index is -0.916. The van der Waals surface area contributed by atoms with E-state index in [-0.39, 0.29) is 11.8 Å². The number of aliphatic carboxylic acids is 1. The summed E-state index contributed by atoms with van der Waals surface area (Å²) >= 11 is 0. The Hall–Kier alpha value is -1.06. The number of amides is 1. The fraction of sp³-hybridized carbons (Fsp3) is 0.909. The summed E-state index contributed by atoms with van der Waals surface area (Å²) in [4.78, 5) is 24.8. The fourth-order valence-electron chi connectivity index (χ4n) is 3.52. The Bertz CT molecular complexity index is 368. The molecule has 1 amide bonds. The molecule has 154 valence electrons. The van der Waals surface area contributed by atoms with Crippen molar-refractivity contribution in [2.75, 3.05) is 7.05 Å². The first kappa shape index (κ1) is 24.9. The van der Waals surface area contributed by atoms with Crippen molar-refractivity contribution >= 4 is 11.9 Å². The van der Waals surface area contributed by atoms with Gasteiger partial charge in [0.25, 0.3) is 0 Å². The van der Waals surface area contributed by atoms with Gasteiger partial charge in [0.2, 0.25) is 5.91 Å². The van der Waals surface area contributed by atoms with E-state index >= 15 is 0 Å². The number of carbonyl (C=O) groups is 2. The second-order valence-corrected chi connectivity index (χ2v) is 8.02. The predicted octanol–water partition coefficient (Wildman–Crippen LogP) is 6.04. The minimum absolute atomic E-state index is 0.0471. The van der Waals surface area contributed by atoms with Gasteiger partial charge in [-0.1, -0.05) is 97.8 Å². The molecule has 0 heterocycles. The van der Waals surface area contributed by atoms with E-state index in [4.69, 9.17) is 0 Å². The molecule has 1 unspecified atom stereocenters. The topological polar surface area (TPSA) is 57.6 Å². The number of hydrogen-bond acceptors (Lipinski definition) is 2. The third-order valence-corrected chi connectivity index (χ3v) is 5.19. The van der Waals surface area contributed by atoms with Crippen LogP contribution in [-0.2, 0) is 9.59 Å². The maximum absolute atomic E-state index is 12.2. The van der Waals surface area contributed by atoms with Crippen molar-refractivity contribution in [3.8, 4) is 0 Å². The van der Waals surface area contributed by atoms with Gasteiger partial charge >= 0.3 is 5.97 Å². The molecule has 0 aromatic rings. The van der Waals surface area contributed by atoms with Crippen molar-refractivity contribution in [2.45, 2.75) is 117 Å². The molecule has 0 aromatic heterocycles. The van der Waals surface area contributed by atoms with Crippen LogP contribution in [-0.4, -0.2) is 35.0 Å². The van der Waals surface area contributed by atoms with E-state index in [9.17, 15) is 14.7 Å². The van der Waals surface area contributed by atoms with Crippen LogP contribution in [0, 0.1) is 5.92 Å². The highest BCUT2D eigenvalue weighted by atomic mass is 16.4. The van der Waals surface area contributed by atoms with Crippen molar-refractivity contribution in [3.05, 3.63) is 0 Å². The van der Waals surface area contributed by atoms with E-state index in [1.165, 1.54) is 75.5 Å². The van der Waals surface area contributed by atoms with E-state index in [1.54, 1.807) is 7.05 Å². The zero-order valence-electron chi connectivity index (χ0n) is 17.8. The summed E-state index contributed by atoms with van der Waals surface area (Å²) in [6.45, 7) is 5.94. The summed E-state index contributed by atoms with van der Waals surface area (Å²) in [6, 6.07) is -0.718. The smallest absolute Gasteiger partial charge is 0.326 e. The predicted molar refractivity (Wildman–Crippen MR) is 109 cm³/mol. The van der Waals surface area contributed by atoms with Crippen LogP contribution in [0.25, 0.3) is 0 Å². The Labute approximate surface area is 161 Å². The molecule has 0 bridgehead atoms. The van der Waals surface area contributed by atoms with Crippen LogP contribution in [0.15, 0.2) is 0 Å². The second-order valence-electron chi connectivity index (χ2n) is 8.02. The molecule has 0 spiro atoms. The molecule has 0 aromatic carbocycles. The molecule has 4 heteroatoms. The number of unbranched alkanes of at least 4 members (excludes halogenated alkanes) is 12. The maximum atomic E-state index is 12.2. The largest absolute Gasteiger partial charge is 0.480 e. The van der Waals surface area contributed by atoms with E-state index in [1.807, 2.05) is 13.8 Å². The number of carboxylic acid groups (broad SMARTS) is 1. The Morgan fingerprint density at radius 1 is 0.769 bits per heavy atom. The van der Waals surface area contributed by atoms with E-state index < -0.39 is 12.0 Å². The molecule has 1 atom stereocenters. The third kappa shape index (κ3) is 12.3. The number of rotatable bonds is 17. The molecule has 0 rings (SSSR count). The van der Waals surface area contributed by atoms with Gasteiger partial charge < -0.3 is 10.0 Å². The van der Waals surface area contributed by atoms with Crippen molar-refractivity contribution in [2.24, 2.45) is 5.92 Å². The monoisotopic (exact) mass is 369 g/mol. The number of likely N-dealkylation sites (N-methyl/N-ethyl adjacent to an activating group) is 1. The van der Waals surface area contributed by atoms with Crippen molar-refractivity contribution in [1.29, 1.82) is 0 Å². The van der Waals surface area contributed by atoms with Gasteiger partial charge in [-0.05, 0) is 12.3 Å². The average Bonchev–Trinajstić information content (AvgIpc) is 2.58. The molecule has 0 aliphatic carbocycles. The minimum Gasteiger partial charge on any atom is -0.480 e. The van der Waals surface area contributed by atoms with Crippen LogP contribution in [0.1, 0.15) is 111 Å². The van der Waals surface area contributed by atoms with Crippen molar-refractivity contribution in [1.82, 2.24) is 4.90 Å². The molecule has 0 radical (unpaired) electrons. The summed E-state index contributed by atoms with van der Waals surface area (Å²) in [7, 11) is 1.61. The summed E-state index contributed by atoms with van der Waals surface area (Å²) in [6.07, 6.45) is 17.1. The van der Waals surface area contributed by atoms with Gasteiger partial charge in [0.05, 0.1) is 0 Å². The lowest BCUT2D eigenvalue weighted by Crippen LogP contribution is -2.45. The Morgan fingerprint density at radius 2 is 1.15 bits per heavy atom. The number of carboxylic acids is 1. The Balaban J connectivity index is 3.57. The van der Waals surface area contributed by atoms with Gasteiger partial charge in [-0.25, -0.2) is 4.79 Å². The molecule has 0 fully saturated rings. The summed E-state index contributed by atoms with van der Waals surface area (Å²) in [5.74, 6) is -1.04. The third-order valence-electron chi connectivity index (χ3n) is 5.19. The van der Waals surface area contributed by atoms with Gasteiger partial charge in [0, 0.05) is 13.5 Å². The standard InChI is InChI=1S/C22H43NO3/c1-5-6-7-8-9-10-11-12-13-14-15-16-17-18-20(24)23(4)21(19(2)3)22(25)26/h19,21H,5-18H2,1-4H3,(H,25,26). The molecule has 0 aliphatic heterocycles. The van der Waals surface area contributed by atoms with E-state index in [0.717, 1.165) is 12.8 Å². The van der Waals surface area contributed by atoms with E-state index in [0.29, 0.717) is 6.42 Å². The quantitative estimate of drug-likeness (QED) is 0.318. The first-order chi connectivity index (χ1) is 12.4. The Kier molecular flexibility index (Phi) is 15.5. The molecule has 4 nitrogen and oxygen atoms in total. The first-order valence-electron chi connectivity index (χ1n) is 10.9. The summed E-state index contributed by atoms with van der Waals surface area (Å²) in [5, 5.41) is 9.25. The van der Waals surface area contributed by atoms with Crippen LogP contribution in [0.3, 0.4) is 0 Å². The molecule has 0 saturated heterocycles. The lowest BCUT2D eigenvalue weighted by molar-refractivity contribution is -0.151. The summed E-state index contributed by atoms with van der Waals surface area (Å²) < 4.78 is 0. The fourth-order valence-corrected chi connectivity index (χ4v) is 3.52. The van der Waals surface area contributed by atoms with Crippen LogP contribution < -0.4 is 0 Å². The molecule has 1 N–H and O–H groups in total. The highest BCUT2D eigenvalue weighted by molar-refractivity contribution is 5.83. The van der Waals surface area contributed by atoms with Crippen LogP contribution in [0.5, 0.6) is 0 Å². The number of nitrogens with zero attached hydrogens (tertiary/aromatic N) is 1. The molecule has 26 heavy (non-hydrogen) atoms. The van der Waals surface area contributed by atoms with Crippen molar-refractivity contribution < 1.29 is 14.7 Å². The van der Waals surface area contributed by atoms with Gasteiger partial charge in [-0.3, -0.25) is 4.79 Å². The highest BCUT2D eigenvalue weighted by Gasteiger charge is 2.28. The van der Waals surface area contributed by atoms with Crippen LogP contribution in [0.2, 0.25) is 0 Å². The SMILES string of the molecule is CCCCCCCCCCCCCCCC(=O)N(C)C(C(=O)O)C(C)C. The molecule has 0 saturated carbocycles. The Morgan fingerprint density at radius 3 is 1.50 bits per heavy atom. The van der Waals surface area contributed by atoms with E-state index in [2.05, 4.69) is 6.92 Å².